The second-order valence-corrected chi connectivity index (χ2v) is 8.54. The minimum Gasteiger partial charge on any atom is -0.274 e. The van der Waals surface area contributed by atoms with Crippen LogP contribution in [0.15, 0.2) is 24.3 Å². The zero-order valence-electron chi connectivity index (χ0n) is 14.1. The first-order valence-electron chi connectivity index (χ1n) is 9.66. The van der Waals surface area contributed by atoms with Crippen molar-refractivity contribution < 1.29 is 9.59 Å². The molecule has 3 heteroatoms. The standard InChI is InChI=1S/C21H25NO2/c23-20-18-4-1-2-5-19(18)21(24)22(20)7-3-6-17-15-9-13-8-14(11-15)12-16(17)10-13/h1-2,4-5,13-17H,3,6-12H2. The lowest BCUT2D eigenvalue weighted by molar-refractivity contribution is -0.0406. The largest absolute Gasteiger partial charge is 0.274 e. The van der Waals surface area contributed by atoms with Crippen LogP contribution in [0, 0.1) is 29.6 Å². The van der Waals surface area contributed by atoms with Crippen molar-refractivity contribution in [1.29, 1.82) is 0 Å². The number of carbonyl (C=O) groups is 2. The summed E-state index contributed by atoms with van der Waals surface area (Å²) in [5.41, 5.74) is 1.16. The van der Waals surface area contributed by atoms with Crippen molar-refractivity contribution in [2.45, 2.75) is 44.9 Å². The second-order valence-electron chi connectivity index (χ2n) is 8.54. The van der Waals surface area contributed by atoms with Gasteiger partial charge in [0.25, 0.3) is 11.8 Å². The number of imide groups is 1. The molecule has 24 heavy (non-hydrogen) atoms. The number of nitrogens with zero attached hydrogens (tertiary/aromatic N) is 1. The van der Waals surface area contributed by atoms with E-state index in [9.17, 15) is 9.59 Å². The van der Waals surface area contributed by atoms with Crippen LogP contribution in [0.5, 0.6) is 0 Å². The van der Waals surface area contributed by atoms with E-state index in [2.05, 4.69) is 0 Å². The second kappa shape index (κ2) is 5.44. The molecule has 3 nitrogen and oxygen atoms in total. The van der Waals surface area contributed by atoms with E-state index in [0.29, 0.717) is 17.7 Å². The summed E-state index contributed by atoms with van der Waals surface area (Å²) in [7, 11) is 0. The number of benzene rings is 1. The molecule has 2 amide bonds. The average Bonchev–Trinajstić information content (AvgIpc) is 2.82. The van der Waals surface area contributed by atoms with E-state index >= 15 is 0 Å². The zero-order valence-corrected chi connectivity index (χ0v) is 14.1. The van der Waals surface area contributed by atoms with E-state index in [1.54, 1.807) is 12.1 Å². The molecule has 6 rings (SSSR count). The molecular weight excluding hydrogens is 298 g/mol. The maximum absolute atomic E-state index is 12.4. The summed E-state index contributed by atoms with van der Waals surface area (Å²) in [5.74, 6) is 4.56. The zero-order chi connectivity index (χ0) is 16.3. The van der Waals surface area contributed by atoms with Gasteiger partial charge >= 0.3 is 0 Å². The smallest absolute Gasteiger partial charge is 0.261 e. The van der Waals surface area contributed by atoms with Crippen LogP contribution in [-0.2, 0) is 0 Å². The van der Waals surface area contributed by atoms with Gasteiger partial charge in [-0.3, -0.25) is 14.5 Å². The lowest BCUT2D eigenvalue weighted by Crippen LogP contribution is -2.45. The van der Waals surface area contributed by atoms with Gasteiger partial charge in [-0.25, -0.2) is 0 Å². The molecule has 4 fully saturated rings. The van der Waals surface area contributed by atoms with Gasteiger partial charge < -0.3 is 0 Å². The summed E-state index contributed by atoms with van der Waals surface area (Å²) < 4.78 is 0. The van der Waals surface area contributed by atoms with Crippen LogP contribution in [-0.4, -0.2) is 23.3 Å². The number of hydrogen-bond acceptors (Lipinski definition) is 2. The number of fused-ring (bicyclic) bond motifs is 1. The Kier molecular flexibility index (Phi) is 3.33. The fourth-order valence-corrected chi connectivity index (χ4v) is 6.44. The predicted molar refractivity (Wildman–Crippen MR) is 91.6 cm³/mol. The minimum atomic E-state index is -0.0966. The molecule has 126 valence electrons. The van der Waals surface area contributed by atoms with Gasteiger partial charge in [-0.05, 0) is 86.7 Å². The van der Waals surface area contributed by atoms with E-state index in [1.807, 2.05) is 12.1 Å². The molecule has 4 aliphatic carbocycles. The fraction of sp³-hybridized carbons (Fsp3) is 0.619. The molecule has 0 saturated heterocycles. The van der Waals surface area contributed by atoms with Gasteiger partial charge in [0.2, 0.25) is 0 Å². The van der Waals surface area contributed by atoms with E-state index in [-0.39, 0.29) is 11.8 Å². The summed E-state index contributed by atoms with van der Waals surface area (Å²) >= 11 is 0. The number of hydrogen-bond donors (Lipinski definition) is 0. The minimum absolute atomic E-state index is 0.0966. The van der Waals surface area contributed by atoms with Gasteiger partial charge in [0.1, 0.15) is 0 Å². The van der Waals surface area contributed by atoms with E-state index in [1.165, 1.54) is 43.4 Å². The van der Waals surface area contributed by atoms with Crippen LogP contribution < -0.4 is 0 Å². The van der Waals surface area contributed by atoms with Crippen molar-refractivity contribution in [1.82, 2.24) is 4.90 Å². The topological polar surface area (TPSA) is 37.4 Å². The Balaban J connectivity index is 1.22. The summed E-state index contributed by atoms with van der Waals surface area (Å²) in [5, 5.41) is 0. The average molecular weight is 323 g/mol. The maximum atomic E-state index is 12.4. The summed E-state index contributed by atoms with van der Waals surface area (Å²) in [6.07, 6.45) is 9.46. The summed E-state index contributed by atoms with van der Waals surface area (Å²) in [6.45, 7) is 0.592. The Bertz CT molecular complexity index is 632. The summed E-state index contributed by atoms with van der Waals surface area (Å²) in [6, 6.07) is 7.21. The van der Waals surface area contributed by atoms with Gasteiger partial charge in [-0.15, -0.1) is 0 Å². The molecule has 4 bridgehead atoms. The third-order valence-electron chi connectivity index (χ3n) is 7.22. The molecule has 1 aliphatic heterocycles. The molecule has 1 aromatic carbocycles. The van der Waals surface area contributed by atoms with Crippen LogP contribution in [0.3, 0.4) is 0 Å². The monoisotopic (exact) mass is 323 g/mol. The highest BCUT2D eigenvalue weighted by molar-refractivity contribution is 6.21. The molecule has 1 aromatic rings. The highest BCUT2D eigenvalue weighted by Gasteiger charge is 2.47. The number of amides is 2. The maximum Gasteiger partial charge on any atom is 0.261 e. The van der Waals surface area contributed by atoms with E-state index in [0.717, 1.165) is 36.0 Å². The van der Waals surface area contributed by atoms with Crippen molar-refractivity contribution in [2.75, 3.05) is 6.54 Å². The van der Waals surface area contributed by atoms with Crippen LogP contribution in [0.25, 0.3) is 0 Å². The first-order chi connectivity index (χ1) is 11.7. The Morgan fingerprint density at radius 3 is 1.92 bits per heavy atom. The van der Waals surface area contributed by atoms with Crippen molar-refractivity contribution in [3.63, 3.8) is 0 Å². The third-order valence-corrected chi connectivity index (χ3v) is 7.22. The van der Waals surface area contributed by atoms with Crippen LogP contribution >= 0.6 is 0 Å². The molecule has 0 unspecified atom stereocenters. The van der Waals surface area contributed by atoms with E-state index in [4.69, 9.17) is 0 Å². The molecule has 0 spiro atoms. The molecule has 0 aromatic heterocycles. The molecule has 0 N–H and O–H groups in total. The Morgan fingerprint density at radius 1 is 0.833 bits per heavy atom. The lowest BCUT2D eigenvalue weighted by Gasteiger charge is -2.54. The molecule has 0 atom stereocenters. The van der Waals surface area contributed by atoms with Crippen molar-refractivity contribution in [3.05, 3.63) is 35.4 Å². The van der Waals surface area contributed by atoms with Gasteiger partial charge in [0.15, 0.2) is 0 Å². The normalized spacial score (nSPS) is 36.5. The Morgan fingerprint density at radius 2 is 1.38 bits per heavy atom. The molecule has 5 aliphatic rings. The SMILES string of the molecule is O=C1c2ccccc2C(=O)N1CCCC1C2CC3CC(C2)CC1C3. The molecular formula is C21H25NO2. The van der Waals surface area contributed by atoms with Crippen molar-refractivity contribution in [3.8, 4) is 0 Å². The molecule has 4 saturated carbocycles. The van der Waals surface area contributed by atoms with Gasteiger partial charge in [0, 0.05) is 6.54 Å². The van der Waals surface area contributed by atoms with E-state index < -0.39 is 0 Å². The Labute approximate surface area is 143 Å². The predicted octanol–water partition coefficient (Wildman–Crippen LogP) is 4.14. The third kappa shape index (κ3) is 2.17. The first kappa shape index (κ1) is 14.7. The van der Waals surface area contributed by atoms with Gasteiger partial charge in [-0.1, -0.05) is 12.1 Å². The highest BCUT2D eigenvalue weighted by atomic mass is 16.2. The number of rotatable bonds is 4. The van der Waals surface area contributed by atoms with Gasteiger partial charge in [-0.2, -0.15) is 0 Å². The molecule has 0 radical (unpaired) electrons. The van der Waals surface area contributed by atoms with Crippen molar-refractivity contribution in [2.24, 2.45) is 29.6 Å². The Hall–Kier alpha value is -1.64. The first-order valence-corrected chi connectivity index (χ1v) is 9.66. The highest BCUT2D eigenvalue weighted by Crippen LogP contribution is 2.57. The quantitative estimate of drug-likeness (QED) is 0.781. The summed E-state index contributed by atoms with van der Waals surface area (Å²) in [4.78, 5) is 26.4. The van der Waals surface area contributed by atoms with Gasteiger partial charge in [0.05, 0.1) is 11.1 Å². The van der Waals surface area contributed by atoms with Crippen LogP contribution in [0.2, 0.25) is 0 Å². The molecule has 1 heterocycles. The number of carbonyl (C=O) groups excluding carboxylic acids is 2. The van der Waals surface area contributed by atoms with Crippen molar-refractivity contribution >= 4 is 11.8 Å². The van der Waals surface area contributed by atoms with Crippen LogP contribution in [0.1, 0.15) is 65.7 Å². The lowest BCUT2D eigenvalue weighted by atomic mass is 9.51. The fourth-order valence-electron chi connectivity index (χ4n) is 6.44. The van der Waals surface area contributed by atoms with Crippen LogP contribution in [0.4, 0.5) is 0 Å².